The summed E-state index contributed by atoms with van der Waals surface area (Å²) in [5.41, 5.74) is 2.58. The number of benzene rings is 2. The quantitative estimate of drug-likeness (QED) is 0.704. The minimum absolute atomic E-state index is 0.0350. The minimum Gasteiger partial charge on any atom is -0.457 e. The molecule has 0 atom stereocenters. The van der Waals surface area contributed by atoms with E-state index >= 15 is 0 Å². The SMILES string of the molecule is N#Cc1cc(Oc2ccc3scnc3c2)ccc1F. The molecule has 0 amide bonds. The lowest BCUT2D eigenvalue weighted by atomic mass is 10.2. The van der Waals surface area contributed by atoms with Gasteiger partial charge in [-0.15, -0.1) is 11.3 Å². The molecule has 0 aliphatic heterocycles. The van der Waals surface area contributed by atoms with Crippen LogP contribution in [0.3, 0.4) is 0 Å². The van der Waals surface area contributed by atoms with Crippen molar-refractivity contribution in [3.63, 3.8) is 0 Å². The van der Waals surface area contributed by atoms with Crippen LogP contribution in [0, 0.1) is 17.1 Å². The highest BCUT2D eigenvalue weighted by molar-refractivity contribution is 7.16. The molecule has 2 aromatic carbocycles. The van der Waals surface area contributed by atoms with Gasteiger partial charge in [-0.3, -0.25) is 0 Å². The summed E-state index contributed by atoms with van der Waals surface area (Å²) < 4.78 is 19.9. The number of thiazole rings is 1. The maximum atomic E-state index is 13.2. The first-order chi connectivity index (χ1) is 9.26. The molecule has 1 heterocycles. The molecule has 0 unspecified atom stereocenters. The van der Waals surface area contributed by atoms with Gasteiger partial charge in [0.15, 0.2) is 0 Å². The van der Waals surface area contributed by atoms with Crippen LogP contribution in [0.2, 0.25) is 0 Å². The van der Waals surface area contributed by atoms with E-state index in [1.165, 1.54) is 18.2 Å². The summed E-state index contributed by atoms with van der Waals surface area (Å²) in [6.07, 6.45) is 0. The van der Waals surface area contributed by atoms with Crippen molar-refractivity contribution in [1.29, 1.82) is 5.26 Å². The van der Waals surface area contributed by atoms with E-state index in [4.69, 9.17) is 10.00 Å². The summed E-state index contributed by atoms with van der Waals surface area (Å²) in [7, 11) is 0. The Morgan fingerprint density at radius 1 is 1.16 bits per heavy atom. The average Bonchev–Trinajstić information content (AvgIpc) is 2.88. The maximum Gasteiger partial charge on any atom is 0.141 e. The van der Waals surface area contributed by atoms with E-state index in [2.05, 4.69) is 4.98 Å². The Balaban J connectivity index is 1.94. The molecule has 0 aliphatic carbocycles. The van der Waals surface area contributed by atoms with Crippen molar-refractivity contribution < 1.29 is 9.13 Å². The monoisotopic (exact) mass is 270 g/mol. The van der Waals surface area contributed by atoms with Crippen LogP contribution in [0.1, 0.15) is 5.56 Å². The van der Waals surface area contributed by atoms with Crippen LogP contribution in [0.5, 0.6) is 11.5 Å². The largest absolute Gasteiger partial charge is 0.457 e. The van der Waals surface area contributed by atoms with Crippen molar-refractivity contribution in [2.24, 2.45) is 0 Å². The predicted molar refractivity (Wildman–Crippen MR) is 70.8 cm³/mol. The third kappa shape index (κ3) is 2.26. The summed E-state index contributed by atoms with van der Waals surface area (Å²) >= 11 is 1.55. The van der Waals surface area contributed by atoms with Crippen LogP contribution in [-0.2, 0) is 0 Å². The molecule has 0 spiro atoms. The molecule has 3 nitrogen and oxygen atoms in total. The number of nitriles is 1. The number of ether oxygens (including phenoxy) is 1. The second kappa shape index (κ2) is 4.67. The van der Waals surface area contributed by atoms with Crippen LogP contribution in [-0.4, -0.2) is 4.98 Å². The van der Waals surface area contributed by atoms with E-state index in [1.54, 1.807) is 29.0 Å². The Labute approximate surface area is 112 Å². The standard InChI is InChI=1S/C14H7FN2OS/c15-12-3-1-10(5-9(12)7-16)18-11-2-4-14-13(6-11)17-8-19-14/h1-6,8H. The Bertz CT molecular complexity index is 791. The Morgan fingerprint density at radius 3 is 2.79 bits per heavy atom. The maximum absolute atomic E-state index is 13.2. The van der Waals surface area contributed by atoms with Crippen LogP contribution < -0.4 is 4.74 Å². The molecule has 92 valence electrons. The van der Waals surface area contributed by atoms with Crippen molar-refractivity contribution in [2.45, 2.75) is 0 Å². The van der Waals surface area contributed by atoms with Crippen molar-refractivity contribution in [1.82, 2.24) is 4.98 Å². The third-order valence-corrected chi connectivity index (χ3v) is 3.41. The number of rotatable bonds is 2. The first-order valence-electron chi connectivity index (χ1n) is 5.47. The Morgan fingerprint density at radius 2 is 1.95 bits per heavy atom. The van der Waals surface area contributed by atoms with Gasteiger partial charge < -0.3 is 4.74 Å². The van der Waals surface area contributed by atoms with Crippen molar-refractivity contribution in [3.05, 3.63) is 53.3 Å². The van der Waals surface area contributed by atoms with E-state index < -0.39 is 5.82 Å². The molecule has 3 rings (SSSR count). The van der Waals surface area contributed by atoms with Crippen LogP contribution in [0.4, 0.5) is 4.39 Å². The number of halogens is 1. The fourth-order valence-electron chi connectivity index (χ4n) is 1.69. The zero-order valence-electron chi connectivity index (χ0n) is 9.63. The Hall–Kier alpha value is -2.45. The topological polar surface area (TPSA) is 45.9 Å². The molecule has 19 heavy (non-hydrogen) atoms. The van der Waals surface area contributed by atoms with Gasteiger partial charge in [-0.05, 0) is 24.3 Å². The lowest BCUT2D eigenvalue weighted by Gasteiger charge is -2.06. The van der Waals surface area contributed by atoms with Crippen molar-refractivity contribution in [2.75, 3.05) is 0 Å². The van der Waals surface area contributed by atoms with Gasteiger partial charge in [0.25, 0.3) is 0 Å². The molecule has 0 saturated carbocycles. The smallest absolute Gasteiger partial charge is 0.141 e. The molecule has 0 saturated heterocycles. The highest BCUT2D eigenvalue weighted by Crippen LogP contribution is 2.27. The van der Waals surface area contributed by atoms with E-state index in [1.807, 2.05) is 12.1 Å². The van der Waals surface area contributed by atoms with Gasteiger partial charge in [0.05, 0.1) is 21.3 Å². The van der Waals surface area contributed by atoms with Gasteiger partial charge in [0.2, 0.25) is 0 Å². The molecular formula is C14H7FN2OS. The van der Waals surface area contributed by atoms with Gasteiger partial charge in [-0.25, -0.2) is 9.37 Å². The van der Waals surface area contributed by atoms with E-state index in [0.717, 1.165) is 10.2 Å². The zero-order chi connectivity index (χ0) is 13.2. The lowest BCUT2D eigenvalue weighted by Crippen LogP contribution is -1.88. The number of hydrogen-bond donors (Lipinski definition) is 0. The lowest BCUT2D eigenvalue weighted by molar-refractivity contribution is 0.481. The van der Waals surface area contributed by atoms with Gasteiger partial charge in [0, 0.05) is 12.1 Å². The van der Waals surface area contributed by atoms with E-state index in [0.29, 0.717) is 11.5 Å². The van der Waals surface area contributed by atoms with Crippen LogP contribution in [0.25, 0.3) is 10.2 Å². The van der Waals surface area contributed by atoms with Crippen molar-refractivity contribution in [3.8, 4) is 17.6 Å². The number of aromatic nitrogens is 1. The Kier molecular flexibility index (Phi) is 2.86. The molecule has 5 heteroatoms. The molecule has 1 aromatic heterocycles. The zero-order valence-corrected chi connectivity index (χ0v) is 10.4. The molecule has 0 N–H and O–H groups in total. The number of hydrogen-bond acceptors (Lipinski definition) is 4. The fourth-order valence-corrected chi connectivity index (χ4v) is 2.35. The minimum atomic E-state index is -0.551. The highest BCUT2D eigenvalue weighted by Gasteiger charge is 2.05. The number of fused-ring (bicyclic) bond motifs is 1. The van der Waals surface area contributed by atoms with Crippen molar-refractivity contribution >= 4 is 21.6 Å². The van der Waals surface area contributed by atoms with Gasteiger partial charge in [-0.1, -0.05) is 0 Å². The summed E-state index contributed by atoms with van der Waals surface area (Å²) in [6.45, 7) is 0. The second-order valence-corrected chi connectivity index (χ2v) is 4.72. The summed E-state index contributed by atoms with van der Waals surface area (Å²) in [4.78, 5) is 4.20. The average molecular weight is 270 g/mol. The predicted octanol–water partition coefficient (Wildman–Crippen LogP) is 4.10. The van der Waals surface area contributed by atoms with Gasteiger partial charge in [0.1, 0.15) is 23.4 Å². The summed E-state index contributed by atoms with van der Waals surface area (Å²) in [6, 6.07) is 11.4. The van der Waals surface area contributed by atoms with Gasteiger partial charge in [-0.2, -0.15) is 5.26 Å². The van der Waals surface area contributed by atoms with Crippen LogP contribution in [0.15, 0.2) is 41.9 Å². The van der Waals surface area contributed by atoms with E-state index in [9.17, 15) is 4.39 Å². The molecular weight excluding hydrogens is 263 g/mol. The summed E-state index contributed by atoms with van der Waals surface area (Å²) in [5, 5.41) is 8.77. The fraction of sp³-hybridized carbons (Fsp3) is 0. The third-order valence-electron chi connectivity index (χ3n) is 2.60. The second-order valence-electron chi connectivity index (χ2n) is 3.84. The van der Waals surface area contributed by atoms with Gasteiger partial charge >= 0.3 is 0 Å². The number of nitrogens with zero attached hydrogens (tertiary/aromatic N) is 2. The first-order valence-corrected chi connectivity index (χ1v) is 6.35. The molecule has 0 fully saturated rings. The highest BCUT2D eigenvalue weighted by atomic mass is 32.1. The molecule has 0 radical (unpaired) electrons. The normalized spacial score (nSPS) is 10.3. The molecule has 0 bridgehead atoms. The molecule has 0 aliphatic rings. The first kappa shape index (κ1) is 11.6. The van der Waals surface area contributed by atoms with Crippen LogP contribution >= 0.6 is 11.3 Å². The molecule has 3 aromatic rings. The van der Waals surface area contributed by atoms with E-state index in [-0.39, 0.29) is 5.56 Å². The summed E-state index contributed by atoms with van der Waals surface area (Å²) in [5.74, 6) is 0.478.